The van der Waals surface area contributed by atoms with Gasteiger partial charge in [0.1, 0.15) is 17.7 Å². The summed E-state index contributed by atoms with van der Waals surface area (Å²) in [6.07, 6.45) is 5.93. The minimum Gasteiger partial charge on any atom is -0.444 e. The van der Waals surface area contributed by atoms with Crippen molar-refractivity contribution >= 4 is 23.8 Å². The van der Waals surface area contributed by atoms with Crippen molar-refractivity contribution in [3.05, 3.63) is 0 Å². The summed E-state index contributed by atoms with van der Waals surface area (Å²) >= 11 is 0. The summed E-state index contributed by atoms with van der Waals surface area (Å²) in [5, 5.41) is 8.04. The largest absolute Gasteiger partial charge is 0.444 e. The topological polar surface area (TPSA) is 140 Å². The zero-order valence-electron chi connectivity index (χ0n) is 18.3. The molecule has 0 radical (unpaired) electrons. The number of nitrogens with two attached hydrogens (primary N) is 1. The lowest BCUT2D eigenvalue weighted by atomic mass is 9.84. The smallest absolute Gasteiger partial charge is 0.408 e. The fraction of sp³-hybridized carbons (Fsp3) is 0.810. The summed E-state index contributed by atoms with van der Waals surface area (Å²) in [6, 6.07) is -1.80. The van der Waals surface area contributed by atoms with E-state index in [1.165, 1.54) is 6.42 Å². The van der Waals surface area contributed by atoms with Gasteiger partial charge in [-0.15, -0.1) is 0 Å². The van der Waals surface area contributed by atoms with Crippen molar-refractivity contribution < 1.29 is 23.9 Å². The SMILES string of the molecule is CC(C)(C)OC(=O)N[C@@H](CC1CCCCC1)C(=O)N[C@@H](C[C@@H]1CCNC1=O)C(N)=O. The highest BCUT2D eigenvalue weighted by Crippen LogP contribution is 2.27. The molecule has 0 bridgehead atoms. The number of hydrogen-bond donors (Lipinski definition) is 4. The van der Waals surface area contributed by atoms with Gasteiger partial charge in [0.25, 0.3) is 0 Å². The van der Waals surface area contributed by atoms with Crippen LogP contribution in [0.15, 0.2) is 0 Å². The number of ether oxygens (including phenoxy) is 1. The van der Waals surface area contributed by atoms with Crippen LogP contribution in [0.4, 0.5) is 4.79 Å². The minimum absolute atomic E-state index is 0.138. The number of hydrogen-bond acceptors (Lipinski definition) is 5. The fourth-order valence-corrected chi connectivity index (χ4v) is 4.11. The second kappa shape index (κ2) is 10.6. The van der Waals surface area contributed by atoms with E-state index in [1.807, 2.05) is 0 Å². The van der Waals surface area contributed by atoms with Crippen molar-refractivity contribution in [3.63, 3.8) is 0 Å². The van der Waals surface area contributed by atoms with Crippen LogP contribution in [0.25, 0.3) is 0 Å². The van der Waals surface area contributed by atoms with Crippen LogP contribution in [0.5, 0.6) is 0 Å². The van der Waals surface area contributed by atoms with Crippen LogP contribution in [0, 0.1) is 11.8 Å². The van der Waals surface area contributed by atoms with Gasteiger partial charge >= 0.3 is 6.09 Å². The Morgan fingerprint density at radius 3 is 2.27 bits per heavy atom. The molecule has 3 atom stereocenters. The van der Waals surface area contributed by atoms with Gasteiger partial charge in [-0.05, 0) is 46.0 Å². The lowest BCUT2D eigenvalue weighted by molar-refractivity contribution is -0.130. The van der Waals surface area contributed by atoms with Crippen LogP contribution in [0.3, 0.4) is 0 Å². The Hall–Kier alpha value is -2.32. The molecule has 0 aromatic rings. The van der Waals surface area contributed by atoms with Crippen molar-refractivity contribution in [3.8, 4) is 0 Å². The van der Waals surface area contributed by atoms with Gasteiger partial charge in [-0.2, -0.15) is 0 Å². The van der Waals surface area contributed by atoms with E-state index < -0.39 is 35.6 Å². The molecule has 9 nitrogen and oxygen atoms in total. The lowest BCUT2D eigenvalue weighted by Gasteiger charge is -2.29. The number of nitrogens with one attached hydrogen (secondary N) is 3. The van der Waals surface area contributed by atoms with Crippen molar-refractivity contribution in [1.82, 2.24) is 16.0 Å². The number of carbonyl (C=O) groups excluding carboxylic acids is 4. The molecule has 1 heterocycles. The molecule has 2 aliphatic rings. The van der Waals surface area contributed by atoms with Crippen LogP contribution in [-0.4, -0.2) is 48.0 Å². The number of alkyl carbamates (subject to hydrolysis) is 1. The molecule has 1 saturated heterocycles. The van der Waals surface area contributed by atoms with Crippen LogP contribution in [0.1, 0.15) is 72.1 Å². The second-order valence-corrected chi connectivity index (χ2v) is 9.41. The Bertz CT molecular complexity index is 640. The maximum absolute atomic E-state index is 13.0. The zero-order valence-corrected chi connectivity index (χ0v) is 18.3. The van der Waals surface area contributed by atoms with Crippen LogP contribution in [0.2, 0.25) is 0 Å². The molecular formula is C21H36N4O5. The zero-order chi connectivity index (χ0) is 22.3. The molecule has 170 valence electrons. The predicted molar refractivity (Wildman–Crippen MR) is 111 cm³/mol. The first-order chi connectivity index (χ1) is 14.0. The molecule has 0 aromatic heterocycles. The van der Waals surface area contributed by atoms with E-state index >= 15 is 0 Å². The van der Waals surface area contributed by atoms with E-state index in [2.05, 4.69) is 16.0 Å². The molecule has 5 N–H and O–H groups in total. The molecule has 2 rings (SSSR count). The third-order valence-electron chi connectivity index (χ3n) is 5.64. The van der Waals surface area contributed by atoms with Crippen molar-refractivity contribution in [2.45, 2.75) is 89.8 Å². The summed E-state index contributed by atoms with van der Waals surface area (Å²) < 4.78 is 5.31. The van der Waals surface area contributed by atoms with Gasteiger partial charge < -0.3 is 26.4 Å². The van der Waals surface area contributed by atoms with E-state index in [0.717, 1.165) is 25.7 Å². The molecule has 30 heavy (non-hydrogen) atoms. The summed E-state index contributed by atoms with van der Waals surface area (Å²) in [4.78, 5) is 49.1. The number of rotatable bonds is 8. The molecule has 0 unspecified atom stereocenters. The van der Waals surface area contributed by atoms with Crippen LogP contribution < -0.4 is 21.7 Å². The Morgan fingerprint density at radius 2 is 1.73 bits per heavy atom. The Balaban J connectivity index is 2.05. The van der Waals surface area contributed by atoms with Gasteiger partial charge in [-0.25, -0.2) is 4.79 Å². The van der Waals surface area contributed by atoms with E-state index in [4.69, 9.17) is 10.5 Å². The third kappa shape index (κ3) is 7.84. The number of primary amides is 1. The van der Waals surface area contributed by atoms with Crippen LogP contribution in [-0.2, 0) is 19.1 Å². The fourth-order valence-electron chi connectivity index (χ4n) is 4.11. The average Bonchev–Trinajstić information content (AvgIpc) is 3.04. The maximum Gasteiger partial charge on any atom is 0.408 e. The number of amides is 4. The van der Waals surface area contributed by atoms with E-state index in [9.17, 15) is 19.2 Å². The van der Waals surface area contributed by atoms with E-state index in [1.54, 1.807) is 20.8 Å². The van der Waals surface area contributed by atoms with Gasteiger partial charge in [-0.3, -0.25) is 14.4 Å². The van der Waals surface area contributed by atoms with Gasteiger partial charge in [0, 0.05) is 12.5 Å². The molecule has 1 aliphatic heterocycles. The second-order valence-electron chi connectivity index (χ2n) is 9.41. The summed E-state index contributed by atoms with van der Waals surface area (Å²) in [6.45, 7) is 5.79. The first-order valence-electron chi connectivity index (χ1n) is 10.9. The van der Waals surface area contributed by atoms with Crippen molar-refractivity contribution in [2.75, 3.05) is 6.54 Å². The predicted octanol–water partition coefficient (Wildman–Crippen LogP) is 1.35. The highest BCUT2D eigenvalue weighted by atomic mass is 16.6. The molecule has 4 amide bonds. The maximum atomic E-state index is 13.0. The summed E-state index contributed by atoms with van der Waals surface area (Å²) in [5.74, 6) is -1.36. The molecular weight excluding hydrogens is 388 g/mol. The Morgan fingerprint density at radius 1 is 1.07 bits per heavy atom. The van der Waals surface area contributed by atoms with Gasteiger partial charge in [0.2, 0.25) is 17.7 Å². The van der Waals surface area contributed by atoms with Crippen LogP contribution >= 0.6 is 0 Å². The lowest BCUT2D eigenvalue weighted by Crippen LogP contribution is -2.54. The molecule has 2 fully saturated rings. The minimum atomic E-state index is -0.972. The highest BCUT2D eigenvalue weighted by Gasteiger charge is 2.33. The Labute approximate surface area is 178 Å². The molecule has 0 spiro atoms. The summed E-state index contributed by atoms with van der Waals surface area (Å²) in [7, 11) is 0. The molecule has 1 aliphatic carbocycles. The monoisotopic (exact) mass is 424 g/mol. The molecule has 1 saturated carbocycles. The van der Waals surface area contributed by atoms with Gasteiger partial charge in [0.15, 0.2) is 0 Å². The molecule has 9 heteroatoms. The first-order valence-corrected chi connectivity index (χ1v) is 10.9. The first kappa shape index (κ1) is 24.0. The normalized spacial score (nSPS) is 22.0. The quantitative estimate of drug-likeness (QED) is 0.466. The third-order valence-corrected chi connectivity index (χ3v) is 5.64. The standard InChI is InChI=1S/C21H36N4O5/c1-21(2,3)30-20(29)25-16(11-13-7-5-4-6-8-13)19(28)24-15(17(22)26)12-14-9-10-23-18(14)27/h13-16H,4-12H2,1-3H3,(H2,22,26)(H,23,27)(H,24,28)(H,25,29)/t14-,15-,16-/m0/s1. The molecule has 0 aromatic carbocycles. The van der Waals surface area contributed by atoms with Gasteiger partial charge in [0.05, 0.1) is 0 Å². The highest BCUT2D eigenvalue weighted by molar-refractivity contribution is 5.91. The number of carbonyl (C=O) groups is 4. The van der Waals surface area contributed by atoms with E-state index in [0.29, 0.717) is 25.3 Å². The Kier molecular flexibility index (Phi) is 8.49. The summed E-state index contributed by atoms with van der Waals surface area (Å²) in [5.41, 5.74) is 4.79. The van der Waals surface area contributed by atoms with E-state index in [-0.39, 0.29) is 18.2 Å². The van der Waals surface area contributed by atoms with Gasteiger partial charge in [-0.1, -0.05) is 32.1 Å². The van der Waals surface area contributed by atoms with Crippen molar-refractivity contribution in [2.24, 2.45) is 17.6 Å². The van der Waals surface area contributed by atoms with Crippen molar-refractivity contribution in [1.29, 1.82) is 0 Å². The average molecular weight is 425 g/mol.